The largest absolute Gasteiger partial charge is 0.340 e. The molecule has 0 aromatic heterocycles. The number of anilines is 2. The summed E-state index contributed by atoms with van der Waals surface area (Å²) in [7, 11) is 0. The molecule has 2 aliphatic rings. The molecule has 0 unspecified atom stereocenters. The van der Waals surface area contributed by atoms with E-state index in [1.807, 2.05) is 11.8 Å². The third-order valence-electron chi connectivity index (χ3n) is 8.24. The monoisotopic (exact) mass is 533 g/mol. The minimum absolute atomic E-state index is 0.467. The summed E-state index contributed by atoms with van der Waals surface area (Å²) in [4.78, 5) is 10.6. The molecule has 0 atom stereocenters. The molecule has 2 heterocycles. The number of benzene rings is 4. The number of rotatable bonds is 10. The van der Waals surface area contributed by atoms with Crippen molar-refractivity contribution in [3.63, 3.8) is 0 Å². The third-order valence-corrected chi connectivity index (χ3v) is 9.37. The molecule has 0 aliphatic carbocycles. The number of para-hydroxylation sites is 2. The molecule has 4 aromatic rings. The summed E-state index contributed by atoms with van der Waals surface area (Å²) in [6.45, 7) is 8.18. The van der Waals surface area contributed by atoms with Crippen LogP contribution in [0.15, 0.2) is 119 Å². The van der Waals surface area contributed by atoms with Gasteiger partial charge in [0.1, 0.15) is 0 Å². The summed E-state index contributed by atoms with van der Waals surface area (Å²) >= 11 is 1.90. The van der Waals surface area contributed by atoms with Gasteiger partial charge < -0.3 is 14.7 Å². The van der Waals surface area contributed by atoms with E-state index in [-0.39, 0.29) is 0 Å². The van der Waals surface area contributed by atoms with Gasteiger partial charge in [0.2, 0.25) is 0 Å². The molecular formula is C35H39N3S. The number of unbranched alkanes of at least 4 members (excludes halogenated alkanes) is 1. The SMILES string of the molecule is c1ccc(C(CCN2CCN(CCCCN3c4ccccc4Sc4ccccc43)CC2)c2ccccc2)cc1. The first kappa shape index (κ1) is 26.2. The molecule has 1 fully saturated rings. The molecule has 6 rings (SSSR count). The van der Waals surface area contributed by atoms with Crippen LogP contribution in [0, 0.1) is 0 Å². The highest BCUT2D eigenvalue weighted by Crippen LogP contribution is 2.47. The number of piperazine rings is 1. The van der Waals surface area contributed by atoms with E-state index >= 15 is 0 Å². The van der Waals surface area contributed by atoms with Crippen molar-refractivity contribution in [1.82, 2.24) is 9.80 Å². The van der Waals surface area contributed by atoms with Gasteiger partial charge in [0, 0.05) is 48.4 Å². The summed E-state index contributed by atoms with van der Waals surface area (Å²) in [5.74, 6) is 0.467. The predicted molar refractivity (Wildman–Crippen MR) is 165 cm³/mol. The molecule has 0 spiro atoms. The number of hydrogen-bond donors (Lipinski definition) is 0. The summed E-state index contributed by atoms with van der Waals surface area (Å²) in [5, 5.41) is 0. The second kappa shape index (κ2) is 12.9. The van der Waals surface area contributed by atoms with Gasteiger partial charge in [-0.3, -0.25) is 0 Å². The van der Waals surface area contributed by atoms with Crippen molar-refractivity contribution in [3.8, 4) is 0 Å². The van der Waals surface area contributed by atoms with Crippen molar-refractivity contribution >= 4 is 23.1 Å². The Balaban J connectivity index is 0.969. The summed E-state index contributed by atoms with van der Waals surface area (Å²) < 4.78 is 0. The van der Waals surface area contributed by atoms with E-state index in [1.54, 1.807) is 0 Å². The highest BCUT2D eigenvalue weighted by molar-refractivity contribution is 7.99. The molecule has 4 aromatic carbocycles. The summed E-state index contributed by atoms with van der Waals surface area (Å²) in [6, 6.07) is 39.8. The van der Waals surface area contributed by atoms with E-state index in [4.69, 9.17) is 0 Å². The smallest absolute Gasteiger partial charge is 0.0552 e. The number of fused-ring (bicyclic) bond motifs is 2. The van der Waals surface area contributed by atoms with E-state index < -0.39 is 0 Å². The standard InChI is InChI=1S/C35H39N3S/c1-3-13-29(14-4-1)31(30-15-5-2-6-16-30)21-24-37-27-25-36(26-28-37)22-11-12-23-38-32-17-7-9-19-34(32)39-35-20-10-8-18-33(35)38/h1-10,13-20,31H,11-12,21-28H2. The topological polar surface area (TPSA) is 9.72 Å². The van der Waals surface area contributed by atoms with Gasteiger partial charge in [-0.15, -0.1) is 0 Å². The Labute approximate surface area is 238 Å². The van der Waals surface area contributed by atoms with E-state index in [2.05, 4.69) is 124 Å². The van der Waals surface area contributed by atoms with Crippen LogP contribution >= 0.6 is 11.8 Å². The molecule has 0 bridgehead atoms. The fraction of sp³-hybridized carbons (Fsp3) is 0.314. The Kier molecular flexibility index (Phi) is 8.64. The van der Waals surface area contributed by atoms with Crippen LogP contribution in [-0.4, -0.2) is 55.6 Å². The van der Waals surface area contributed by atoms with Gasteiger partial charge in [-0.05, 0) is 67.7 Å². The van der Waals surface area contributed by atoms with Crippen molar-refractivity contribution in [2.45, 2.75) is 35.0 Å². The molecular weight excluding hydrogens is 494 g/mol. The number of nitrogens with zero attached hydrogens (tertiary/aromatic N) is 3. The Bertz CT molecular complexity index is 1230. The van der Waals surface area contributed by atoms with Crippen LogP contribution in [0.5, 0.6) is 0 Å². The van der Waals surface area contributed by atoms with Gasteiger partial charge >= 0.3 is 0 Å². The van der Waals surface area contributed by atoms with E-state index in [0.717, 1.165) is 13.1 Å². The van der Waals surface area contributed by atoms with Crippen LogP contribution in [0.25, 0.3) is 0 Å². The Morgan fingerprint density at radius 1 is 0.513 bits per heavy atom. The molecule has 200 valence electrons. The zero-order valence-corrected chi connectivity index (χ0v) is 23.6. The maximum atomic E-state index is 2.68. The Morgan fingerprint density at radius 3 is 1.54 bits per heavy atom. The molecule has 0 N–H and O–H groups in total. The predicted octanol–water partition coefficient (Wildman–Crippen LogP) is 7.91. The minimum atomic E-state index is 0.467. The number of hydrogen-bond acceptors (Lipinski definition) is 4. The van der Waals surface area contributed by atoms with Gasteiger partial charge in [-0.1, -0.05) is 96.7 Å². The lowest BCUT2D eigenvalue weighted by Gasteiger charge is -2.36. The third kappa shape index (κ3) is 6.41. The van der Waals surface area contributed by atoms with Crippen LogP contribution in [0.1, 0.15) is 36.3 Å². The lowest BCUT2D eigenvalue weighted by atomic mass is 9.88. The van der Waals surface area contributed by atoms with Crippen molar-refractivity contribution in [2.75, 3.05) is 50.7 Å². The highest BCUT2D eigenvalue weighted by Gasteiger charge is 2.23. The zero-order valence-electron chi connectivity index (χ0n) is 22.8. The summed E-state index contributed by atoms with van der Waals surface area (Å²) in [5.41, 5.74) is 5.58. The van der Waals surface area contributed by atoms with Gasteiger partial charge in [0.25, 0.3) is 0 Å². The molecule has 1 saturated heterocycles. The molecule has 39 heavy (non-hydrogen) atoms. The molecule has 4 heteroatoms. The van der Waals surface area contributed by atoms with E-state index in [1.165, 1.54) is 84.3 Å². The zero-order chi connectivity index (χ0) is 26.3. The van der Waals surface area contributed by atoms with Gasteiger partial charge in [-0.2, -0.15) is 0 Å². The highest BCUT2D eigenvalue weighted by atomic mass is 32.2. The van der Waals surface area contributed by atoms with Crippen LogP contribution in [-0.2, 0) is 0 Å². The minimum Gasteiger partial charge on any atom is -0.340 e. The van der Waals surface area contributed by atoms with Crippen LogP contribution < -0.4 is 4.90 Å². The first-order chi connectivity index (χ1) is 19.3. The second-order valence-corrected chi connectivity index (χ2v) is 11.8. The fourth-order valence-electron chi connectivity index (χ4n) is 6.07. The first-order valence-corrected chi connectivity index (χ1v) is 15.3. The van der Waals surface area contributed by atoms with E-state index in [0.29, 0.717) is 5.92 Å². The van der Waals surface area contributed by atoms with Gasteiger partial charge in [0.05, 0.1) is 11.4 Å². The van der Waals surface area contributed by atoms with Crippen LogP contribution in [0.2, 0.25) is 0 Å². The van der Waals surface area contributed by atoms with Crippen LogP contribution in [0.3, 0.4) is 0 Å². The maximum Gasteiger partial charge on any atom is 0.0552 e. The maximum absolute atomic E-state index is 2.68. The average molecular weight is 534 g/mol. The van der Waals surface area contributed by atoms with Crippen molar-refractivity contribution in [1.29, 1.82) is 0 Å². The van der Waals surface area contributed by atoms with Crippen molar-refractivity contribution in [3.05, 3.63) is 120 Å². The lowest BCUT2D eigenvalue weighted by Crippen LogP contribution is -2.47. The molecule has 0 radical (unpaired) electrons. The fourth-order valence-corrected chi connectivity index (χ4v) is 7.17. The quantitative estimate of drug-likeness (QED) is 0.192. The molecule has 0 saturated carbocycles. The molecule has 3 nitrogen and oxygen atoms in total. The normalized spacial score (nSPS) is 15.8. The van der Waals surface area contributed by atoms with Gasteiger partial charge in [0.15, 0.2) is 0 Å². The van der Waals surface area contributed by atoms with Crippen molar-refractivity contribution < 1.29 is 0 Å². The summed E-state index contributed by atoms with van der Waals surface area (Å²) in [6.07, 6.45) is 3.63. The Morgan fingerprint density at radius 2 is 0.974 bits per heavy atom. The van der Waals surface area contributed by atoms with E-state index in [9.17, 15) is 0 Å². The second-order valence-electron chi connectivity index (χ2n) is 10.7. The molecule has 0 amide bonds. The lowest BCUT2D eigenvalue weighted by molar-refractivity contribution is 0.129. The first-order valence-electron chi connectivity index (χ1n) is 14.5. The molecule has 2 aliphatic heterocycles. The van der Waals surface area contributed by atoms with Crippen LogP contribution in [0.4, 0.5) is 11.4 Å². The Hall–Kier alpha value is -3.05. The van der Waals surface area contributed by atoms with Crippen molar-refractivity contribution in [2.24, 2.45) is 0 Å². The average Bonchev–Trinajstić information content (AvgIpc) is 3.00. The van der Waals surface area contributed by atoms with Gasteiger partial charge in [-0.25, -0.2) is 0 Å².